The number of benzene rings is 1. The number of rotatable bonds is 3. The van der Waals surface area contributed by atoms with Crippen LogP contribution < -0.4 is 0 Å². The van der Waals surface area contributed by atoms with Gasteiger partial charge in [0.1, 0.15) is 10.5 Å². The number of oxazole rings is 1. The number of aromatic nitrogens is 2. The molecule has 2 aromatic heterocycles. The van der Waals surface area contributed by atoms with Crippen molar-refractivity contribution in [3.8, 4) is 0 Å². The monoisotopic (exact) mass is 272 g/mol. The average molecular weight is 272 g/mol. The first-order chi connectivity index (χ1) is 9.26. The molecular weight excluding hydrogens is 260 g/mol. The minimum Gasteiger partial charge on any atom is -0.431 e. The van der Waals surface area contributed by atoms with Gasteiger partial charge in [-0.05, 0) is 48.0 Å². The lowest BCUT2D eigenvalue weighted by Crippen LogP contribution is -1.90. The molecule has 2 heterocycles. The fourth-order valence-electron chi connectivity index (χ4n) is 1.79. The number of para-hydroxylation sites is 2. The van der Waals surface area contributed by atoms with Crippen LogP contribution in [-0.4, -0.2) is 15.1 Å². The minimum atomic E-state index is 0.00166. The lowest BCUT2D eigenvalue weighted by atomic mass is 10.2. The van der Waals surface area contributed by atoms with Gasteiger partial charge in [0.05, 0.1) is 6.61 Å². The zero-order valence-electron chi connectivity index (χ0n) is 10.3. The summed E-state index contributed by atoms with van der Waals surface area (Å²) >= 11 is 1.39. The molecule has 0 bridgehead atoms. The molecule has 0 fully saturated rings. The number of pyridine rings is 1. The van der Waals surface area contributed by atoms with E-state index in [1.807, 2.05) is 37.3 Å². The van der Waals surface area contributed by atoms with Crippen LogP contribution in [-0.2, 0) is 6.61 Å². The third-order valence-corrected chi connectivity index (χ3v) is 3.70. The van der Waals surface area contributed by atoms with Crippen LogP contribution >= 0.6 is 11.8 Å². The summed E-state index contributed by atoms with van der Waals surface area (Å²) in [5, 5.41) is 10.5. The van der Waals surface area contributed by atoms with Crippen LogP contribution in [0.4, 0.5) is 0 Å². The number of aliphatic hydroxyl groups is 1. The van der Waals surface area contributed by atoms with E-state index in [4.69, 9.17) is 9.52 Å². The number of hydrogen-bond donors (Lipinski definition) is 1. The number of aliphatic hydroxyl groups excluding tert-OH is 1. The molecule has 0 aliphatic carbocycles. The molecular formula is C14H12N2O2S. The molecule has 0 saturated carbocycles. The summed E-state index contributed by atoms with van der Waals surface area (Å²) in [6, 6.07) is 9.57. The molecule has 0 saturated heterocycles. The fraction of sp³-hybridized carbons (Fsp3) is 0.143. The predicted molar refractivity (Wildman–Crippen MR) is 73.0 cm³/mol. The first-order valence-electron chi connectivity index (χ1n) is 5.86. The predicted octanol–water partition coefficient (Wildman–Crippen LogP) is 3.17. The minimum absolute atomic E-state index is 0.00166. The fourth-order valence-corrected chi connectivity index (χ4v) is 2.56. The molecule has 19 heavy (non-hydrogen) atoms. The summed E-state index contributed by atoms with van der Waals surface area (Å²) in [4.78, 5) is 8.72. The molecule has 1 N–H and O–H groups in total. The maximum atomic E-state index is 9.06. The van der Waals surface area contributed by atoms with Crippen molar-refractivity contribution in [2.24, 2.45) is 0 Å². The lowest BCUT2D eigenvalue weighted by molar-refractivity contribution is 0.281. The van der Waals surface area contributed by atoms with Gasteiger partial charge in [0.25, 0.3) is 5.22 Å². The number of hydrogen-bond acceptors (Lipinski definition) is 5. The second-order valence-electron chi connectivity index (χ2n) is 4.17. The highest BCUT2D eigenvalue weighted by atomic mass is 32.2. The molecule has 0 radical (unpaired) electrons. The Balaban J connectivity index is 1.92. The number of nitrogens with zero attached hydrogens (tertiary/aromatic N) is 2. The van der Waals surface area contributed by atoms with Crippen LogP contribution in [0.5, 0.6) is 0 Å². The summed E-state index contributed by atoms with van der Waals surface area (Å²) < 4.78 is 5.65. The first kappa shape index (κ1) is 12.2. The highest BCUT2D eigenvalue weighted by Crippen LogP contribution is 2.30. The van der Waals surface area contributed by atoms with Crippen LogP contribution in [0.2, 0.25) is 0 Å². The molecule has 0 unspecified atom stereocenters. The maximum absolute atomic E-state index is 9.06. The highest BCUT2D eigenvalue weighted by Gasteiger charge is 2.10. The van der Waals surface area contributed by atoms with Crippen molar-refractivity contribution in [2.45, 2.75) is 23.8 Å². The smallest absolute Gasteiger partial charge is 0.263 e. The topological polar surface area (TPSA) is 59.2 Å². The molecule has 1 aromatic carbocycles. The molecule has 0 atom stereocenters. The van der Waals surface area contributed by atoms with E-state index in [1.54, 1.807) is 6.20 Å². The van der Waals surface area contributed by atoms with Gasteiger partial charge in [-0.1, -0.05) is 12.1 Å². The zero-order chi connectivity index (χ0) is 13.2. The van der Waals surface area contributed by atoms with Gasteiger partial charge in [-0.3, -0.25) is 0 Å². The summed E-state index contributed by atoms with van der Waals surface area (Å²) in [7, 11) is 0. The van der Waals surface area contributed by atoms with Gasteiger partial charge in [0.2, 0.25) is 0 Å². The molecule has 0 amide bonds. The molecule has 0 aliphatic rings. The Labute approximate surface area is 114 Å². The zero-order valence-corrected chi connectivity index (χ0v) is 11.1. The third-order valence-electron chi connectivity index (χ3n) is 2.73. The molecule has 3 aromatic rings. The van der Waals surface area contributed by atoms with Crippen molar-refractivity contribution in [3.05, 3.63) is 47.7 Å². The summed E-state index contributed by atoms with van der Waals surface area (Å²) in [6.45, 7) is 1.96. The van der Waals surface area contributed by atoms with Crippen LogP contribution in [0, 0.1) is 6.92 Å². The van der Waals surface area contributed by atoms with Crippen molar-refractivity contribution in [1.29, 1.82) is 0 Å². The third kappa shape index (κ3) is 2.47. The van der Waals surface area contributed by atoms with Gasteiger partial charge in [-0.2, -0.15) is 0 Å². The van der Waals surface area contributed by atoms with Crippen molar-refractivity contribution in [2.75, 3.05) is 0 Å². The molecule has 4 nitrogen and oxygen atoms in total. The van der Waals surface area contributed by atoms with Crippen molar-refractivity contribution < 1.29 is 9.52 Å². The van der Waals surface area contributed by atoms with E-state index in [-0.39, 0.29) is 6.61 Å². The van der Waals surface area contributed by atoms with E-state index in [2.05, 4.69) is 9.97 Å². The van der Waals surface area contributed by atoms with E-state index in [0.717, 1.165) is 27.3 Å². The van der Waals surface area contributed by atoms with E-state index in [0.29, 0.717) is 5.22 Å². The molecule has 5 heteroatoms. The summed E-state index contributed by atoms with van der Waals surface area (Å²) in [6.07, 6.45) is 1.66. The normalized spacial score (nSPS) is 11.1. The van der Waals surface area contributed by atoms with Gasteiger partial charge in [-0.25, -0.2) is 9.97 Å². The molecule has 96 valence electrons. The lowest BCUT2D eigenvalue weighted by Gasteiger charge is -2.03. The van der Waals surface area contributed by atoms with Gasteiger partial charge >= 0.3 is 0 Å². The van der Waals surface area contributed by atoms with Gasteiger partial charge in [0.15, 0.2) is 5.58 Å². The van der Waals surface area contributed by atoms with Crippen molar-refractivity contribution in [1.82, 2.24) is 9.97 Å². The summed E-state index contributed by atoms with van der Waals surface area (Å²) in [5.74, 6) is 0. The molecule has 0 aliphatic heterocycles. The van der Waals surface area contributed by atoms with E-state index in [9.17, 15) is 0 Å². The van der Waals surface area contributed by atoms with E-state index >= 15 is 0 Å². The van der Waals surface area contributed by atoms with Crippen LogP contribution in [0.3, 0.4) is 0 Å². The van der Waals surface area contributed by atoms with Crippen LogP contribution in [0.25, 0.3) is 11.1 Å². The Kier molecular flexibility index (Phi) is 3.23. The maximum Gasteiger partial charge on any atom is 0.263 e. The Morgan fingerprint density at radius 1 is 1.32 bits per heavy atom. The second kappa shape index (κ2) is 5.03. The SMILES string of the molecule is Cc1cc(CO)cnc1Sc1nc2ccccc2o1. The first-order valence-corrected chi connectivity index (χ1v) is 6.68. The Bertz CT molecular complexity index is 691. The quantitative estimate of drug-likeness (QED) is 0.793. The highest BCUT2D eigenvalue weighted by molar-refractivity contribution is 7.99. The van der Waals surface area contributed by atoms with Crippen molar-refractivity contribution in [3.63, 3.8) is 0 Å². The molecule has 3 rings (SSSR count). The van der Waals surface area contributed by atoms with E-state index < -0.39 is 0 Å². The summed E-state index contributed by atoms with van der Waals surface area (Å²) in [5.41, 5.74) is 3.42. The van der Waals surface area contributed by atoms with Gasteiger partial charge in [0, 0.05) is 6.20 Å². The average Bonchev–Trinajstić information content (AvgIpc) is 2.83. The van der Waals surface area contributed by atoms with Crippen LogP contribution in [0.15, 0.2) is 51.2 Å². The molecule has 0 spiro atoms. The van der Waals surface area contributed by atoms with Gasteiger partial charge < -0.3 is 9.52 Å². The Morgan fingerprint density at radius 3 is 2.89 bits per heavy atom. The van der Waals surface area contributed by atoms with Gasteiger partial charge in [-0.15, -0.1) is 0 Å². The Hall–Kier alpha value is -1.85. The van der Waals surface area contributed by atoms with Crippen molar-refractivity contribution >= 4 is 22.9 Å². The number of fused-ring (bicyclic) bond motifs is 1. The largest absolute Gasteiger partial charge is 0.431 e. The van der Waals surface area contributed by atoms with Crippen LogP contribution in [0.1, 0.15) is 11.1 Å². The number of aryl methyl sites for hydroxylation is 1. The second-order valence-corrected chi connectivity index (χ2v) is 5.11. The standard InChI is InChI=1S/C14H12N2O2S/c1-9-6-10(8-17)7-15-13(9)19-14-16-11-4-2-3-5-12(11)18-14/h2-7,17H,8H2,1H3. The Morgan fingerprint density at radius 2 is 2.16 bits per heavy atom. The van der Waals surface area contributed by atoms with E-state index in [1.165, 1.54) is 11.8 Å².